The molecular formula is C30H36FN3O. The van der Waals surface area contributed by atoms with E-state index in [4.69, 9.17) is 9.72 Å². The van der Waals surface area contributed by atoms with Crippen LogP contribution < -0.4 is 4.74 Å². The molecular weight excluding hydrogens is 437 g/mol. The quantitative estimate of drug-likeness (QED) is 0.524. The highest BCUT2D eigenvalue weighted by Gasteiger charge is 2.63. The number of aromatic nitrogens is 1. The van der Waals surface area contributed by atoms with Gasteiger partial charge < -0.3 is 4.74 Å². The first-order chi connectivity index (χ1) is 17.1. The maximum absolute atomic E-state index is 12.5. The van der Waals surface area contributed by atoms with Gasteiger partial charge in [0.05, 0.1) is 12.7 Å². The lowest BCUT2D eigenvalue weighted by atomic mass is 9.48. The third-order valence-corrected chi connectivity index (χ3v) is 9.45. The van der Waals surface area contributed by atoms with E-state index in [0.29, 0.717) is 24.0 Å². The van der Waals surface area contributed by atoms with E-state index in [1.54, 1.807) is 11.1 Å². The Morgan fingerprint density at radius 3 is 2.74 bits per heavy atom. The molecule has 0 amide bonds. The summed E-state index contributed by atoms with van der Waals surface area (Å²) >= 11 is 0. The molecule has 184 valence electrons. The molecule has 35 heavy (non-hydrogen) atoms. The van der Waals surface area contributed by atoms with Crippen LogP contribution in [0.15, 0.2) is 48.2 Å². The van der Waals surface area contributed by atoms with Crippen molar-refractivity contribution in [1.82, 2.24) is 14.8 Å². The van der Waals surface area contributed by atoms with Crippen molar-refractivity contribution in [1.29, 1.82) is 0 Å². The Balaban J connectivity index is 1.15. The van der Waals surface area contributed by atoms with Crippen molar-refractivity contribution in [3.05, 3.63) is 64.9 Å². The van der Waals surface area contributed by atoms with E-state index in [2.05, 4.69) is 59.3 Å². The molecule has 2 bridgehead atoms. The lowest BCUT2D eigenvalue weighted by molar-refractivity contribution is -0.173. The van der Waals surface area contributed by atoms with Crippen LogP contribution in [0, 0.1) is 5.92 Å². The number of likely N-dealkylation sites (tertiary alicyclic amines) is 1. The molecule has 6 aliphatic rings. The minimum atomic E-state index is -0.243. The van der Waals surface area contributed by atoms with Crippen LogP contribution in [0.1, 0.15) is 68.2 Å². The molecule has 2 aliphatic heterocycles. The zero-order valence-electron chi connectivity index (χ0n) is 20.8. The van der Waals surface area contributed by atoms with Crippen LogP contribution in [0.4, 0.5) is 4.39 Å². The van der Waals surface area contributed by atoms with Gasteiger partial charge in [0.1, 0.15) is 6.10 Å². The maximum Gasteiger partial charge on any atom is 0.213 e. The van der Waals surface area contributed by atoms with Gasteiger partial charge in [0.2, 0.25) is 5.88 Å². The minimum Gasteiger partial charge on any atom is -0.473 e. The van der Waals surface area contributed by atoms with E-state index in [-0.39, 0.29) is 12.8 Å². The van der Waals surface area contributed by atoms with Crippen LogP contribution in [0.5, 0.6) is 5.88 Å². The van der Waals surface area contributed by atoms with Crippen LogP contribution in [0.3, 0.4) is 0 Å². The molecule has 4 fully saturated rings. The molecule has 4 nitrogen and oxygen atoms in total. The number of fused-ring (bicyclic) bond motifs is 2. The van der Waals surface area contributed by atoms with Gasteiger partial charge >= 0.3 is 0 Å². The van der Waals surface area contributed by atoms with Gasteiger partial charge in [-0.25, -0.2) is 4.98 Å². The summed E-state index contributed by atoms with van der Waals surface area (Å²) in [6.07, 6.45) is 10.2. The fourth-order valence-corrected chi connectivity index (χ4v) is 7.80. The van der Waals surface area contributed by atoms with Gasteiger partial charge in [-0.05, 0) is 85.6 Å². The Hall–Kier alpha value is -2.24. The monoisotopic (exact) mass is 473 g/mol. The van der Waals surface area contributed by atoms with E-state index < -0.39 is 0 Å². The van der Waals surface area contributed by atoms with Crippen molar-refractivity contribution in [3.8, 4) is 5.88 Å². The maximum atomic E-state index is 12.5. The molecule has 0 radical (unpaired) electrons. The summed E-state index contributed by atoms with van der Waals surface area (Å²) in [6, 6.07) is 14.2. The van der Waals surface area contributed by atoms with E-state index >= 15 is 0 Å². The molecule has 0 N–H and O–H groups in total. The third-order valence-electron chi connectivity index (χ3n) is 9.45. The summed E-state index contributed by atoms with van der Waals surface area (Å²) in [7, 11) is 0. The molecule has 1 aromatic carbocycles. The highest BCUT2D eigenvalue weighted by atomic mass is 19.1. The van der Waals surface area contributed by atoms with Crippen LogP contribution in [0.2, 0.25) is 0 Å². The van der Waals surface area contributed by atoms with E-state index in [0.717, 1.165) is 50.7 Å². The molecule has 8 rings (SSSR count). The average Bonchev–Trinajstić information content (AvgIpc) is 3.41. The molecule has 0 spiro atoms. The van der Waals surface area contributed by atoms with Gasteiger partial charge in [0.25, 0.3) is 0 Å². The lowest BCUT2D eigenvalue weighted by Crippen LogP contribution is -2.71. The summed E-state index contributed by atoms with van der Waals surface area (Å²) in [6.45, 7) is 4.87. The number of alkyl halides is 1. The predicted molar refractivity (Wildman–Crippen MR) is 136 cm³/mol. The zero-order chi connectivity index (χ0) is 23.6. The van der Waals surface area contributed by atoms with Crippen molar-refractivity contribution >= 4 is 5.57 Å². The predicted octanol–water partition coefficient (Wildman–Crippen LogP) is 5.59. The standard InChI is InChI=1S/C30H36FN3O/c1-20-13-26-25-6-3-2-5-22(25)14-27(26)29(34(20)30-15-21(16-30)17-30)23-7-8-28(32-18-23)35-24-9-12-33(19-24)11-4-10-31/h2-3,5-8,18,20-21,24,29H,4,9-17,19H2,1H3/t20-,21?,24+,29-,30?/m1/s1. The largest absolute Gasteiger partial charge is 0.473 e. The van der Waals surface area contributed by atoms with Crippen molar-refractivity contribution < 1.29 is 9.13 Å². The van der Waals surface area contributed by atoms with Crippen LogP contribution in [-0.2, 0) is 6.42 Å². The topological polar surface area (TPSA) is 28.6 Å². The Labute approximate surface area is 208 Å². The molecule has 5 heteroatoms. The normalized spacial score (nSPS) is 33.8. The molecule has 3 heterocycles. The van der Waals surface area contributed by atoms with Gasteiger partial charge in [-0.15, -0.1) is 0 Å². The molecule has 1 saturated heterocycles. The Bertz CT molecular complexity index is 1130. The number of rotatable bonds is 7. The van der Waals surface area contributed by atoms with Crippen molar-refractivity contribution in [2.75, 3.05) is 26.3 Å². The molecule has 0 unspecified atom stereocenters. The number of nitrogens with zero attached hydrogens (tertiary/aromatic N) is 3. The van der Waals surface area contributed by atoms with E-state index in [1.165, 1.54) is 36.0 Å². The number of benzene rings is 1. The van der Waals surface area contributed by atoms with Crippen LogP contribution >= 0.6 is 0 Å². The zero-order valence-corrected chi connectivity index (χ0v) is 20.8. The van der Waals surface area contributed by atoms with Crippen molar-refractivity contribution in [3.63, 3.8) is 0 Å². The Kier molecular flexibility index (Phi) is 5.29. The van der Waals surface area contributed by atoms with Gasteiger partial charge in [-0.3, -0.25) is 14.2 Å². The molecule has 3 saturated carbocycles. The van der Waals surface area contributed by atoms with Gasteiger partial charge in [0.15, 0.2) is 0 Å². The molecule has 4 aliphatic carbocycles. The Morgan fingerprint density at radius 1 is 1.14 bits per heavy atom. The lowest BCUT2D eigenvalue weighted by Gasteiger charge is -2.70. The fourth-order valence-electron chi connectivity index (χ4n) is 7.80. The number of ether oxygens (including phenoxy) is 1. The van der Waals surface area contributed by atoms with Gasteiger partial charge in [-0.1, -0.05) is 30.3 Å². The average molecular weight is 474 g/mol. The summed E-state index contributed by atoms with van der Waals surface area (Å²) in [4.78, 5) is 10.0. The molecule has 2 aromatic rings. The van der Waals surface area contributed by atoms with Crippen molar-refractivity contribution in [2.24, 2.45) is 5.92 Å². The van der Waals surface area contributed by atoms with Crippen LogP contribution in [0.25, 0.3) is 5.57 Å². The second-order valence-corrected chi connectivity index (χ2v) is 11.7. The second-order valence-electron chi connectivity index (χ2n) is 11.7. The SMILES string of the molecule is C[C@@H]1CC2=C(Cc3ccccc32)[C@@H](c2ccc(O[C@H]3CCN(CCCF)C3)nc2)N1C12CC(C1)C2. The first-order valence-electron chi connectivity index (χ1n) is 13.6. The van der Waals surface area contributed by atoms with E-state index in [9.17, 15) is 4.39 Å². The summed E-state index contributed by atoms with van der Waals surface area (Å²) < 4.78 is 18.8. The van der Waals surface area contributed by atoms with Gasteiger partial charge in [0, 0.05) is 43.5 Å². The van der Waals surface area contributed by atoms with Gasteiger partial charge in [-0.2, -0.15) is 0 Å². The first kappa shape index (κ1) is 22.0. The summed E-state index contributed by atoms with van der Waals surface area (Å²) in [5.74, 6) is 1.68. The molecule has 1 aromatic heterocycles. The number of halogens is 1. The number of hydrogen-bond donors (Lipinski definition) is 0. The van der Waals surface area contributed by atoms with Crippen molar-refractivity contribution in [2.45, 2.75) is 75.6 Å². The van der Waals surface area contributed by atoms with Crippen LogP contribution in [-0.4, -0.2) is 58.8 Å². The summed E-state index contributed by atoms with van der Waals surface area (Å²) in [5, 5.41) is 0. The highest BCUT2D eigenvalue weighted by Crippen LogP contribution is 2.65. The first-order valence-corrected chi connectivity index (χ1v) is 13.6. The number of pyridine rings is 1. The Morgan fingerprint density at radius 2 is 2.00 bits per heavy atom. The van der Waals surface area contributed by atoms with E-state index in [1.807, 2.05) is 0 Å². The number of hydrogen-bond acceptors (Lipinski definition) is 4. The summed E-state index contributed by atoms with van der Waals surface area (Å²) in [5.41, 5.74) is 7.86. The third kappa shape index (κ3) is 3.57. The fraction of sp³-hybridized carbons (Fsp3) is 0.567. The smallest absolute Gasteiger partial charge is 0.213 e. The molecule has 3 atom stereocenters. The highest BCUT2D eigenvalue weighted by molar-refractivity contribution is 5.79. The minimum absolute atomic E-state index is 0.151. The second kappa shape index (κ2) is 8.41.